The van der Waals surface area contributed by atoms with Gasteiger partial charge < -0.3 is 20.1 Å². The third-order valence-electron chi connectivity index (χ3n) is 3.86. The quantitative estimate of drug-likeness (QED) is 0.595. The van der Waals surface area contributed by atoms with Crippen molar-refractivity contribution in [2.24, 2.45) is 0 Å². The molecular formula is C17H20ClN3O7S. The zero-order valence-corrected chi connectivity index (χ0v) is 17.5. The number of benzene rings is 1. The van der Waals surface area contributed by atoms with Crippen LogP contribution in [0.1, 0.15) is 17.3 Å². The second kappa shape index (κ2) is 9.25. The number of hydrogen-bond acceptors (Lipinski definition) is 7. The maximum absolute atomic E-state index is 12.5. The lowest BCUT2D eigenvalue weighted by Gasteiger charge is -2.21. The second-order valence-corrected chi connectivity index (χ2v) is 8.55. The predicted octanol–water partition coefficient (Wildman–Crippen LogP) is 0.877. The Labute approximate surface area is 172 Å². The molecule has 1 aromatic rings. The van der Waals surface area contributed by atoms with Gasteiger partial charge in [0.05, 0.1) is 39.9 Å². The predicted molar refractivity (Wildman–Crippen MR) is 103 cm³/mol. The van der Waals surface area contributed by atoms with Gasteiger partial charge in [0.2, 0.25) is 10.0 Å². The van der Waals surface area contributed by atoms with Crippen LogP contribution in [0.2, 0.25) is 5.02 Å². The number of ether oxygens (including phenoxy) is 2. The number of sulfonamides is 1. The topological polar surface area (TPSA) is 131 Å². The monoisotopic (exact) mass is 445 g/mol. The highest BCUT2D eigenvalue weighted by molar-refractivity contribution is 7.89. The fraction of sp³-hybridized carbons (Fsp3) is 0.353. The SMILES string of the molecule is CCOC(=O)C1=C(COC(=O)c2cc(S(=O)(=O)N(C)C)ccc2Cl)NC(=O)NC1. The fourth-order valence-electron chi connectivity index (χ4n) is 2.32. The van der Waals surface area contributed by atoms with Crippen LogP contribution in [0.25, 0.3) is 0 Å². The maximum atomic E-state index is 12.5. The summed E-state index contributed by atoms with van der Waals surface area (Å²) in [4.78, 5) is 35.9. The van der Waals surface area contributed by atoms with Crippen molar-refractivity contribution in [1.82, 2.24) is 14.9 Å². The summed E-state index contributed by atoms with van der Waals surface area (Å²) in [6.45, 7) is 1.23. The van der Waals surface area contributed by atoms with Gasteiger partial charge in [-0.05, 0) is 25.1 Å². The summed E-state index contributed by atoms with van der Waals surface area (Å²) in [6, 6.07) is 3.07. The molecule has 1 aliphatic rings. The van der Waals surface area contributed by atoms with Crippen LogP contribution in [0.3, 0.4) is 0 Å². The van der Waals surface area contributed by atoms with Crippen molar-refractivity contribution in [3.8, 4) is 0 Å². The van der Waals surface area contributed by atoms with E-state index in [-0.39, 0.29) is 39.9 Å². The highest BCUT2D eigenvalue weighted by atomic mass is 35.5. The lowest BCUT2D eigenvalue weighted by molar-refractivity contribution is -0.138. The van der Waals surface area contributed by atoms with Crippen LogP contribution in [0.5, 0.6) is 0 Å². The molecule has 0 radical (unpaired) electrons. The molecule has 1 aromatic carbocycles. The molecule has 1 aliphatic heterocycles. The van der Waals surface area contributed by atoms with Crippen LogP contribution >= 0.6 is 11.6 Å². The van der Waals surface area contributed by atoms with E-state index >= 15 is 0 Å². The minimum Gasteiger partial charge on any atom is -0.463 e. The molecule has 29 heavy (non-hydrogen) atoms. The lowest BCUT2D eigenvalue weighted by atomic mass is 10.1. The Kier molecular flexibility index (Phi) is 7.22. The Morgan fingerprint density at radius 1 is 1.21 bits per heavy atom. The molecule has 0 bridgehead atoms. The first-order chi connectivity index (χ1) is 13.6. The highest BCUT2D eigenvalue weighted by Gasteiger charge is 2.26. The van der Waals surface area contributed by atoms with Crippen molar-refractivity contribution in [2.45, 2.75) is 11.8 Å². The van der Waals surface area contributed by atoms with Crippen LogP contribution < -0.4 is 10.6 Å². The Balaban J connectivity index is 2.25. The number of nitrogens with zero attached hydrogens (tertiary/aromatic N) is 1. The Hall–Kier alpha value is -2.63. The average molecular weight is 446 g/mol. The number of carbonyl (C=O) groups is 3. The van der Waals surface area contributed by atoms with Crippen LogP contribution in [-0.2, 0) is 24.3 Å². The van der Waals surface area contributed by atoms with Gasteiger partial charge in [0, 0.05) is 14.1 Å². The van der Waals surface area contributed by atoms with Crippen molar-refractivity contribution >= 4 is 39.6 Å². The van der Waals surface area contributed by atoms with Gasteiger partial charge in [0.1, 0.15) is 6.61 Å². The minimum atomic E-state index is -3.79. The molecule has 1 heterocycles. The number of esters is 2. The van der Waals surface area contributed by atoms with Gasteiger partial charge in [-0.25, -0.2) is 27.1 Å². The van der Waals surface area contributed by atoms with E-state index in [1.807, 2.05) is 0 Å². The molecular weight excluding hydrogens is 426 g/mol. The van der Waals surface area contributed by atoms with Crippen molar-refractivity contribution in [1.29, 1.82) is 0 Å². The number of amides is 2. The van der Waals surface area contributed by atoms with E-state index in [9.17, 15) is 22.8 Å². The van der Waals surface area contributed by atoms with Crippen molar-refractivity contribution in [3.05, 3.63) is 40.1 Å². The number of rotatable bonds is 7. The van der Waals surface area contributed by atoms with Gasteiger partial charge in [-0.3, -0.25) is 0 Å². The van der Waals surface area contributed by atoms with E-state index in [2.05, 4.69) is 10.6 Å². The van der Waals surface area contributed by atoms with Crippen LogP contribution in [0.4, 0.5) is 4.79 Å². The zero-order valence-electron chi connectivity index (χ0n) is 15.9. The number of hydrogen-bond donors (Lipinski definition) is 2. The molecule has 0 saturated heterocycles. The highest BCUT2D eigenvalue weighted by Crippen LogP contribution is 2.23. The normalized spacial score (nSPS) is 14.3. The standard InChI is InChI=1S/C17H20ClN3O7S/c1-4-27-16(23)12-8-19-17(24)20-14(12)9-28-15(22)11-7-10(5-6-13(11)18)29(25,26)21(2)3/h5-7H,4,8-9H2,1-3H3,(H2,19,20,24). The molecule has 0 aliphatic carbocycles. The van der Waals surface area contributed by atoms with E-state index in [1.165, 1.54) is 26.2 Å². The smallest absolute Gasteiger partial charge is 0.340 e. The van der Waals surface area contributed by atoms with Crippen molar-refractivity contribution < 1.29 is 32.3 Å². The van der Waals surface area contributed by atoms with Gasteiger partial charge >= 0.3 is 18.0 Å². The van der Waals surface area contributed by atoms with E-state index in [1.54, 1.807) is 6.92 Å². The third kappa shape index (κ3) is 5.25. The molecule has 12 heteroatoms. The second-order valence-electron chi connectivity index (χ2n) is 5.99. The van der Waals surface area contributed by atoms with E-state index in [0.717, 1.165) is 10.4 Å². The molecule has 0 aromatic heterocycles. The van der Waals surface area contributed by atoms with Crippen molar-refractivity contribution in [2.75, 3.05) is 33.9 Å². The third-order valence-corrected chi connectivity index (χ3v) is 6.00. The summed E-state index contributed by atoms with van der Waals surface area (Å²) in [5.41, 5.74) is -0.00355. The number of halogens is 1. The summed E-state index contributed by atoms with van der Waals surface area (Å²) in [5.74, 6) is -1.59. The van der Waals surface area contributed by atoms with Gasteiger partial charge in [0.25, 0.3) is 0 Å². The lowest BCUT2D eigenvalue weighted by Crippen LogP contribution is -2.45. The van der Waals surface area contributed by atoms with E-state index in [0.29, 0.717) is 0 Å². The molecule has 10 nitrogen and oxygen atoms in total. The summed E-state index contributed by atoms with van der Waals surface area (Å²) < 4.78 is 35.6. The van der Waals surface area contributed by atoms with E-state index in [4.69, 9.17) is 21.1 Å². The van der Waals surface area contributed by atoms with Gasteiger partial charge in [-0.1, -0.05) is 11.6 Å². The summed E-state index contributed by atoms with van der Waals surface area (Å²) in [7, 11) is -1.08. The van der Waals surface area contributed by atoms with Crippen molar-refractivity contribution in [3.63, 3.8) is 0 Å². The van der Waals surface area contributed by atoms with Gasteiger partial charge in [-0.15, -0.1) is 0 Å². The number of nitrogens with one attached hydrogen (secondary N) is 2. The maximum Gasteiger partial charge on any atom is 0.340 e. The first-order valence-corrected chi connectivity index (χ1v) is 10.2. The molecule has 2 N–H and O–H groups in total. The largest absolute Gasteiger partial charge is 0.463 e. The number of carbonyl (C=O) groups excluding carboxylic acids is 3. The van der Waals surface area contributed by atoms with Crippen LogP contribution in [-0.4, -0.2) is 64.5 Å². The molecule has 0 unspecified atom stereocenters. The molecule has 0 spiro atoms. The summed E-state index contributed by atoms with van der Waals surface area (Å²) >= 11 is 6.01. The summed E-state index contributed by atoms with van der Waals surface area (Å²) in [6.07, 6.45) is 0. The average Bonchev–Trinajstić information content (AvgIpc) is 2.66. The molecule has 158 valence electrons. The molecule has 0 saturated carbocycles. The van der Waals surface area contributed by atoms with Crippen LogP contribution in [0, 0.1) is 0 Å². The minimum absolute atomic E-state index is 0.0124. The van der Waals surface area contributed by atoms with E-state index < -0.39 is 34.6 Å². The first kappa shape index (κ1) is 22.7. The number of urea groups is 1. The summed E-state index contributed by atoms with van der Waals surface area (Å²) in [5, 5.41) is 4.80. The first-order valence-electron chi connectivity index (χ1n) is 8.41. The Bertz CT molecular complexity index is 973. The zero-order chi connectivity index (χ0) is 21.8. The molecule has 0 atom stereocenters. The molecule has 2 rings (SSSR count). The van der Waals surface area contributed by atoms with Crippen LogP contribution in [0.15, 0.2) is 34.4 Å². The fourth-order valence-corrected chi connectivity index (χ4v) is 3.44. The molecule has 0 fully saturated rings. The van der Waals surface area contributed by atoms with Gasteiger partial charge in [0.15, 0.2) is 0 Å². The molecule has 2 amide bonds. The Morgan fingerprint density at radius 3 is 2.52 bits per heavy atom. The van der Waals surface area contributed by atoms with Gasteiger partial charge in [-0.2, -0.15) is 0 Å². The Morgan fingerprint density at radius 2 is 1.90 bits per heavy atom.